The van der Waals surface area contributed by atoms with Crippen molar-refractivity contribution in [3.05, 3.63) is 30.0 Å². The standard InChI is InChI=1S/C11H12N2O2/c1-13(2)10-7-5-3-4-6-8(7)12-9(10)11(14)15/h3-6,12H,1-2H3,(H,14,15). The van der Waals surface area contributed by atoms with E-state index in [1.54, 1.807) is 0 Å². The summed E-state index contributed by atoms with van der Waals surface area (Å²) in [7, 11) is 3.67. The molecule has 0 unspecified atom stereocenters. The Bertz CT molecular complexity index is 514. The zero-order chi connectivity index (χ0) is 11.0. The first kappa shape index (κ1) is 9.58. The van der Waals surface area contributed by atoms with E-state index in [2.05, 4.69) is 4.98 Å². The van der Waals surface area contributed by atoms with Crippen LogP contribution in [0.2, 0.25) is 0 Å². The third-order valence-corrected chi connectivity index (χ3v) is 2.34. The zero-order valence-electron chi connectivity index (χ0n) is 8.61. The largest absolute Gasteiger partial charge is 0.477 e. The van der Waals surface area contributed by atoms with Gasteiger partial charge < -0.3 is 15.0 Å². The number of hydrogen-bond acceptors (Lipinski definition) is 2. The lowest BCUT2D eigenvalue weighted by molar-refractivity contribution is 0.0692. The SMILES string of the molecule is CN(C)c1c(C(=O)O)[nH]c2ccccc12. The monoisotopic (exact) mass is 204 g/mol. The first-order valence-electron chi connectivity index (χ1n) is 4.62. The van der Waals surface area contributed by atoms with E-state index < -0.39 is 5.97 Å². The second-order valence-electron chi connectivity index (χ2n) is 3.59. The molecular formula is C11H12N2O2. The summed E-state index contributed by atoms with van der Waals surface area (Å²) in [5, 5.41) is 9.99. The number of fused-ring (bicyclic) bond motifs is 1. The van der Waals surface area contributed by atoms with Gasteiger partial charge in [-0.2, -0.15) is 0 Å². The summed E-state index contributed by atoms with van der Waals surface area (Å²) in [5.74, 6) is -0.935. The highest BCUT2D eigenvalue weighted by atomic mass is 16.4. The van der Waals surface area contributed by atoms with Crippen LogP contribution in [0, 0.1) is 0 Å². The number of anilines is 1. The van der Waals surface area contributed by atoms with Gasteiger partial charge in [0.2, 0.25) is 0 Å². The van der Waals surface area contributed by atoms with E-state index in [-0.39, 0.29) is 5.69 Å². The molecule has 0 aliphatic carbocycles. The van der Waals surface area contributed by atoms with Crippen molar-refractivity contribution in [2.45, 2.75) is 0 Å². The van der Waals surface area contributed by atoms with Crippen LogP contribution in [0.3, 0.4) is 0 Å². The molecule has 0 saturated heterocycles. The lowest BCUT2D eigenvalue weighted by Crippen LogP contribution is -2.12. The fourth-order valence-electron chi connectivity index (χ4n) is 1.75. The minimum Gasteiger partial charge on any atom is -0.477 e. The number of aromatic amines is 1. The topological polar surface area (TPSA) is 56.3 Å². The molecule has 0 aliphatic heterocycles. The molecule has 0 spiro atoms. The van der Waals surface area contributed by atoms with Crippen LogP contribution >= 0.6 is 0 Å². The molecule has 1 heterocycles. The van der Waals surface area contributed by atoms with E-state index in [1.807, 2.05) is 43.3 Å². The lowest BCUT2D eigenvalue weighted by Gasteiger charge is -2.11. The molecule has 2 rings (SSSR count). The van der Waals surface area contributed by atoms with Crippen molar-refractivity contribution < 1.29 is 9.90 Å². The Morgan fingerprint density at radius 2 is 2.00 bits per heavy atom. The lowest BCUT2D eigenvalue weighted by atomic mass is 10.2. The smallest absolute Gasteiger partial charge is 0.354 e. The Morgan fingerprint density at radius 3 is 2.60 bits per heavy atom. The van der Waals surface area contributed by atoms with Crippen LogP contribution < -0.4 is 4.90 Å². The summed E-state index contributed by atoms with van der Waals surface area (Å²) in [6.07, 6.45) is 0. The highest BCUT2D eigenvalue weighted by molar-refractivity contribution is 6.05. The third kappa shape index (κ3) is 1.44. The maximum absolute atomic E-state index is 11.0. The number of H-pyrrole nitrogens is 1. The van der Waals surface area contributed by atoms with Crippen molar-refractivity contribution in [3.63, 3.8) is 0 Å². The normalized spacial score (nSPS) is 10.5. The number of nitrogens with zero attached hydrogens (tertiary/aromatic N) is 1. The zero-order valence-corrected chi connectivity index (χ0v) is 8.61. The Balaban J connectivity index is 2.80. The van der Waals surface area contributed by atoms with Gasteiger partial charge in [-0.1, -0.05) is 18.2 Å². The summed E-state index contributed by atoms with van der Waals surface area (Å²) in [5.41, 5.74) is 1.80. The number of carboxylic acid groups (broad SMARTS) is 1. The quantitative estimate of drug-likeness (QED) is 0.785. The van der Waals surface area contributed by atoms with Crippen LogP contribution in [-0.4, -0.2) is 30.2 Å². The van der Waals surface area contributed by atoms with Gasteiger partial charge in [-0.3, -0.25) is 0 Å². The van der Waals surface area contributed by atoms with Gasteiger partial charge in [-0.05, 0) is 6.07 Å². The average Bonchev–Trinajstić information content (AvgIpc) is 2.56. The van der Waals surface area contributed by atoms with Crippen molar-refractivity contribution in [1.82, 2.24) is 4.98 Å². The van der Waals surface area contributed by atoms with E-state index in [9.17, 15) is 4.79 Å². The Morgan fingerprint density at radius 1 is 1.33 bits per heavy atom. The van der Waals surface area contributed by atoms with Crippen molar-refractivity contribution in [1.29, 1.82) is 0 Å². The van der Waals surface area contributed by atoms with Crippen LogP contribution in [0.1, 0.15) is 10.5 Å². The van der Waals surface area contributed by atoms with E-state index in [4.69, 9.17) is 5.11 Å². The highest BCUT2D eigenvalue weighted by Crippen LogP contribution is 2.29. The van der Waals surface area contributed by atoms with Crippen molar-refractivity contribution in [3.8, 4) is 0 Å². The van der Waals surface area contributed by atoms with Crippen molar-refractivity contribution in [2.75, 3.05) is 19.0 Å². The predicted molar refractivity (Wildman–Crippen MR) is 59.6 cm³/mol. The highest BCUT2D eigenvalue weighted by Gasteiger charge is 2.17. The second-order valence-corrected chi connectivity index (χ2v) is 3.59. The van der Waals surface area contributed by atoms with Gasteiger partial charge in [0.15, 0.2) is 0 Å². The number of rotatable bonds is 2. The van der Waals surface area contributed by atoms with Gasteiger partial charge in [-0.25, -0.2) is 4.79 Å². The molecule has 0 bridgehead atoms. The predicted octanol–water partition coefficient (Wildman–Crippen LogP) is 1.93. The molecule has 0 aliphatic rings. The number of benzene rings is 1. The Hall–Kier alpha value is -1.97. The molecule has 1 aromatic heterocycles. The molecule has 2 N–H and O–H groups in total. The molecule has 0 atom stereocenters. The second kappa shape index (κ2) is 3.31. The van der Waals surface area contributed by atoms with Gasteiger partial charge in [0, 0.05) is 25.0 Å². The van der Waals surface area contributed by atoms with Gasteiger partial charge >= 0.3 is 5.97 Å². The molecule has 2 aromatic rings. The molecule has 15 heavy (non-hydrogen) atoms. The maximum Gasteiger partial charge on any atom is 0.354 e. The minimum atomic E-state index is -0.935. The van der Waals surface area contributed by atoms with E-state index in [1.165, 1.54) is 0 Å². The first-order valence-corrected chi connectivity index (χ1v) is 4.62. The molecule has 78 valence electrons. The van der Waals surface area contributed by atoms with E-state index >= 15 is 0 Å². The number of carboxylic acids is 1. The van der Waals surface area contributed by atoms with E-state index in [0.717, 1.165) is 16.6 Å². The Kier molecular flexibility index (Phi) is 2.11. The number of hydrogen-bond donors (Lipinski definition) is 2. The van der Waals surface area contributed by atoms with Gasteiger partial charge in [-0.15, -0.1) is 0 Å². The average molecular weight is 204 g/mol. The minimum absolute atomic E-state index is 0.237. The van der Waals surface area contributed by atoms with Crippen molar-refractivity contribution >= 4 is 22.6 Å². The number of para-hydroxylation sites is 1. The summed E-state index contributed by atoms with van der Waals surface area (Å²) in [6.45, 7) is 0. The van der Waals surface area contributed by atoms with Gasteiger partial charge in [0.25, 0.3) is 0 Å². The van der Waals surface area contributed by atoms with Gasteiger partial charge in [0.05, 0.1) is 5.69 Å². The third-order valence-electron chi connectivity index (χ3n) is 2.34. The van der Waals surface area contributed by atoms with Crippen LogP contribution in [-0.2, 0) is 0 Å². The fourth-order valence-corrected chi connectivity index (χ4v) is 1.75. The van der Waals surface area contributed by atoms with Gasteiger partial charge in [0.1, 0.15) is 5.69 Å². The summed E-state index contributed by atoms with van der Waals surface area (Å²) in [4.78, 5) is 15.7. The molecule has 0 radical (unpaired) electrons. The number of aromatic nitrogens is 1. The number of carbonyl (C=O) groups is 1. The van der Waals surface area contributed by atoms with Crippen molar-refractivity contribution in [2.24, 2.45) is 0 Å². The van der Waals surface area contributed by atoms with E-state index in [0.29, 0.717) is 0 Å². The van der Waals surface area contributed by atoms with Crippen LogP contribution in [0.5, 0.6) is 0 Å². The summed E-state index contributed by atoms with van der Waals surface area (Å²) >= 11 is 0. The summed E-state index contributed by atoms with van der Waals surface area (Å²) in [6, 6.07) is 7.56. The first-order chi connectivity index (χ1) is 7.11. The molecule has 4 heteroatoms. The number of nitrogens with one attached hydrogen (secondary N) is 1. The Labute approximate surface area is 87.1 Å². The molecule has 4 nitrogen and oxygen atoms in total. The molecule has 0 amide bonds. The summed E-state index contributed by atoms with van der Waals surface area (Å²) < 4.78 is 0. The maximum atomic E-state index is 11.0. The molecular weight excluding hydrogens is 192 g/mol. The van der Waals surface area contributed by atoms with Crippen LogP contribution in [0.25, 0.3) is 10.9 Å². The fraction of sp³-hybridized carbons (Fsp3) is 0.182. The van der Waals surface area contributed by atoms with Crippen LogP contribution in [0.15, 0.2) is 24.3 Å². The molecule has 0 fully saturated rings. The molecule has 1 aromatic carbocycles. The molecule has 0 saturated carbocycles. The van der Waals surface area contributed by atoms with Crippen LogP contribution in [0.4, 0.5) is 5.69 Å². The number of aromatic carboxylic acids is 1.